The summed E-state index contributed by atoms with van der Waals surface area (Å²) in [6.07, 6.45) is 9.65. The average molecular weight is 258 g/mol. The average Bonchev–Trinajstić information content (AvgIpc) is 2.85. The number of nitrogens with zero attached hydrogens (tertiary/aromatic N) is 1. The second kappa shape index (κ2) is 5.96. The van der Waals surface area contributed by atoms with Crippen molar-refractivity contribution in [1.29, 1.82) is 0 Å². The van der Waals surface area contributed by atoms with Gasteiger partial charge < -0.3 is 10.6 Å². The van der Waals surface area contributed by atoms with Gasteiger partial charge in [-0.15, -0.1) is 0 Å². The van der Waals surface area contributed by atoms with Crippen LogP contribution in [0.2, 0.25) is 0 Å². The Bertz CT molecular complexity index is 415. The maximum Gasteiger partial charge on any atom is 0.0346 e. The van der Waals surface area contributed by atoms with Crippen LogP contribution in [0.4, 0.5) is 5.69 Å². The van der Waals surface area contributed by atoms with Crippen molar-refractivity contribution in [2.24, 2.45) is 5.92 Å². The molecule has 2 nitrogen and oxygen atoms in total. The van der Waals surface area contributed by atoms with Crippen molar-refractivity contribution in [3.8, 4) is 0 Å². The van der Waals surface area contributed by atoms with E-state index in [0.717, 1.165) is 24.1 Å². The van der Waals surface area contributed by atoms with Crippen molar-refractivity contribution in [3.05, 3.63) is 29.8 Å². The summed E-state index contributed by atoms with van der Waals surface area (Å²) in [5.41, 5.74) is 8.29. The van der Waals surface area contributed by atoms with Gasteiger partial charge in [0.15, 0.2) is 0 Å². The predicted molar refractivity (Wildman–Crippen MR) is 81.1 cm³/mol. The van der Waals surface area contributed by atoms with Crippen LogP contribution in [0.1, 0.15) is 44.1 Å². The Morgan fingerprint density at radius 1 is 1.11 bits per heavy atom. The van der Waals surface area contributed by atoms with E-state index in [1.807, 2.05) is 12.1 Å². The standard InChI is InChI=1S/C17H26N2/c18-16-9-3-1-6-14(16)8-5-12-19-13-11-15-7-2-4-10-17(15)19/h1,3,6,9,15,17H,2,4-5,7-8,10-13,18H2. The van der Waals surface area contributed by atoms with Crippen molar-refractivity contribution in [1.82, 2.24) is 4.90 Å². The first-order valence-electron chi connectivity index (χ1n) is 7.92. The predicted octanol–water partition coefficient (Wildman–Crippen LogP) is 3.47. The molecule has 19 heavy (non-hydrogen) atoms. The number of nitrogens with two attached hydrogens (primary N) is 1. The third-order valence-corrected chi connectivity index (χ3v) is 5.07. The molecule has 3 rings (SSSR count). The van der Waals surface area contributed by atoms with E-state index in [-0.39, 0.29) is 0 Å². The number of hydrogen-bond donors (Lipinski definition) is 1. The van der Waals surface area contributed by atoms with Crippen molar-refractivity contribution in [2.45, 2.75) is 51.0 Å². The number of fused-ring (bicyclic) bond motifs is 1. The molecule has 1 aromatic carbocycles. The molecule has 1 aromatic rings. The first-order valence-corrected chi connectivity index (χ1v) is 7.92. The zero-order valence-electron chi connectivity index (χ0n) is 11.9. The molecule has 1 aliphatic carbocycles. The maximum atomic E-state index is 6.01. The summed E-state index contributed by atoms with van der Waals surface area (Å²) in [6, 6.07) is 9.21. The fourth-order valence-electron chi connectivity index (χ4n) is 4.02. The molecule has 0 bridgehead atoms. The molecule has 2 fully saturated rings. The van der Waals surface area contributed by atoms with E-state index in [9.17, 15) is 0 Å². The number of benzene rings is 1. The highest BCUT2D eigenvalue weighted by Crippen LogP contribution is 2.36. The Labute approximate surface area is 117 Å². The van der Waals surface area contributed by atoms with Crippen LogP contribution in [0.15, 0.2) is 24.3 Å². The van der Waals surface area contributed by atoms with Crippen LogP contribution in [0, 0.1) is 5.92 Å². The zero-order chi connectivity index (χ0) is 13.1. The minimum absolute atomic E-state index is 0.905. The molecule has 1 saturated heterocycles. The second-order valence-electron chi connectivity index (χ2n) is 6.24. The highest BCUT2D eigenvalue weighted by Gasteiger charge is 2.34. The number of para-hydroxylation sites is 1. The Morgan fingerprint density at radius 3 is 2.84 bits per heavy atom. The summed E-state index contributed by atoms with van der Waals surface area (Å²) in [7, 11) is 0. The summed E-state index contributed by atoms with van der Waals surface area (Å²) in [6.45, 7) is 2.59. The molecule has 0 radical (unpaired) electrons. The Hall–Kier alpha value is -1.02. The lowest BCUT2D eigenvalue weighted by Gasteiger charge is -2.31. The topological polar surface area (TPSA) is 29.3 Å². The van der Waals surface area contributed by atoms with Crippen LogP contribution in [0.5, 0.6) is 0 Å². The molecule has 2 N–H and O–H groups in total. The highest BCUT2D eigenvalue weighted by atomic mass is 15.2. The Morgan fingerprint density at radius 2 is 1.95 bits per heavy atom. The lowest BCUT2D eigenvalue weighted by atomic mass is 9.85. The fourth-order valence-corrected chi connectivity index (χ4v) is 4.02. The van der Waals surface area contributed by atoms with Crippen LogP contribution < -0.4 is 5.73 Å². The molecule has 0 spiro atoms. The van der Waals surface area contributed by atoms with Crippen LogP contribution in [-0.4, -0.2) is 24.0 Å². The third-order valence-electron chi connectivity index (χ3n) is 5.07. The van der Waals surface area contributed by atoms with Crippen molar-refractivity contribution < 1.29 is 0 Å². The van der Waals surface area contributed by atoms with Crippen LogP contribution >= 0.6 is 0 Å². The van der Waals surface area contributed by atoms with Gasteiger partial charge in [0.25, 0.3) is 0 Å². The Balaban J connectivity index is 1.49. The molecule has 1 saturated carbocycles. The molecule has 1 aliphatic heterocycles. The Kier molecular flexibility index (Phi) is 4.07. The molecule has 2 atom stereocenters. The molecular weight excluding hydrogens is 232 g/mol. The van der Waals surface area contributed by atoms with E-state index in [4.69, 9.17) is 5.73 Å². The number of rotatable bonds is 4. The van der Waals surface area contributed by atoms with E-state index in [0.29, 0.717) is 0 Å². The van der Waals surface area contributed by atoms with E-state index >= 15 is 0 Å². The number of hydrogen-bond acceptors (Lipinski definition) is 2. The summed E-state index contributed by atoms with van der Waals surface area (Å²) < 4.78 is 0. The lowest BCUT2D eigenvalue weighted by Crippen LogP contribution is -2.35. The molecular formula is C17H26N2. The normalized spacial score (nSPS) is 27.4. The van der Waals surface area contributed by atoms with E-state index < -0.39 is 0 Å². The number of likely N-dealkylation sites (tertiary alicyclic amines) is 1. The lowest BCUT2D eigenvalue weighted by molar-refractivity contribution is 0.181. The SMILES string of the molecule is Nc1ccccc1CCCN1CCC2CCCCC21. The summed E-state index contributed by atoms with van der Waals surface area (Å²) >= 11 is 0. The van der Waals surface area contributed by atoms with Crippen molar-refractivity contribution in [3.63, 3.8) is 0 Å². The largest absolute Gasteiger partial charge is 0.399 e. The first kappa shape index (κ1) is 13.0. The van der Waals surface area contributed by atoms with Gasteiger partial charge in [-0.1, -0.05) is 31.0 Å². The molecule has 1 heterocycles. The van der Waals surface area contributed by atoms with Gasteiger partial charge in [-0.25, -0.2) is 0 Å². The van der Waals surface area contributed by atoms with Crippen molar-refractivity contribution in [2.75, 3.05) is 18.8 Å². The molecule has 104 valence electrons. The minimum Gasteiger partial charge on any atom is -0.399 e. The van der Waals surface area contributed by atoms with Crippen molar-refractivity contribution >= 4 is 5.69 Å². The molecule has 2 heteroatoms. The fraction of sp³-hybridized carbons (Fsp3) is 0.647. The number of nitrogen functional groups attached to an aromatic ring is 1. The van der Waals surface area contributed by atoms with E-state index in [2.05, 4.69) is 17.0 Å². The van der Waals surface area contributed by atoms with Gasteiger partial charge in [0.2, 0.25) is 0 Å². The monoisotopic (exact) mass is 258 g/mol. The van der Waals surface area contributed by atoms with Gasteiger partial charge >= 0.3 is 0 Å². The van der Waals surface area contributed by atoms with Gasteiger partial charge in [0.1, 0.15) is 0 Å². The molecule has 0 aromatic heterocycles. The molecule has 0 amide bonds. The number of anilines is 1. The summed E-state index contributed by atoms with van der Waals surface area (Å²) in [5.74, 6) is 1.01. The van der Waals surface area contributed by atoms with Gasteiger partial charge in [-0.05, 0) is 62.7 Å². The molecule has 2 aliphatic rings. The van der Waals surface area contributed by atoms with Crippen LogP contribution in [-0.2, 0) is 6.42 Å². The van der Waals surface area contributed by atoms with Crippen LogP contribution in [0.3, 0.4) is 0 Å². The highest BCUT2D eigenvalue weighted by molar-refractivity contribution is 5.46. The van der Waals surface area contributed by atoms with Gasteiger partial charge in [0.05, 0.1) is 0 Å². The van der Waals surface area contributed by atoms with Gasteiger partial charge in [-0.3, -0.25) is 0 Å². The minimum atomic E-state index is 0.905. The van der Waals surface area contributed by atoms with Gasteiger partial charge in [0, 0.05) is 11.7 Å². The smallest absolute Gasteiger partial charge is 0.0346 e. The first-order chi connectivity index (χ1) is 9.34. The quantitative estimate of drug-likeness (QED) is 0.838. The maximum absolute atomic E-state index is 6.01. The zero-order valence-corrected chi connectivity index (χ0v) is 11.9. The van der Waals surface area contributed by atoms with E-state index in [1.54, 1.807) is 0 Å². The van der Waals surface area contributed by atoms with Crippen LogP contribution in [0.25, 0.3) is 0 Å². The van der Waals surface area contributed by atoms with Gasteiger partial charge in [-0.2, -0.15) is 0 Å². The molecule has 2 unspecified atom stereocenters. The number of aryl methyl sites for hydroxylation is 1. The third kappa shape index (κ3) is 2.94. The van der Waals surface area contributed by atoms with E-state index in [1.165, 1.54) is 57.2 Å². The second-order valence-corrected chi connectivity index (χ2v) is 6.24. The summed E-state index contributed by atoms with van der Waals surface area (Å²) in [4.78, 5) is 2.75. The summed E-state index contributed by atoms with van der Waals surface area (Å²) in [5, 5.41) is 0.